The number of nitrogens with zero attached hydrogens (tertiary/aromatic N) is 1. The molecule has 36 heavy (non-hydrogen) atoms. The van der Waals surface area contributed by atoms with Crippen LogP contribution in [0.1, 0.15) is 41.7 Å². The lowest BCUT2D eigenvalue weighted by Gasteiger charge is -2.32. The Morgan fingerprint density at radius 2 is 1.53 bits per heavy atom. The van der Waals surface area contributed by atoms with Gasteiger partial charge in [0.15, 0.2) is 6.61 Å². The Bertz CT molecular complexity index is 1150. The fourth-order valence-corrected chi connectivity index (χ4v) is 4.27. The molecular weight excluding hydrogens is 516 g/mol. The maximum Gasteiger partial charge on any atom is 0.261 e. The molecule has 1 N–H and O–H groups in total. The van der Waals surface area contributed by atoms with Gasteiger partial charge in [-0.05, 0) is 69.0 Å². The second-order valence-corrected chi connectivity index (χ2v) is 10.3. The summed E-state index contributed by atoms with van der Waals surface area (Å²) in [5.74, 6) is 0.210. The molecule has 0 saturated carbocycles. The summed E-state index contributed by atoms with van der Waals surface area (Å²) < 4.78 is 6.96. The third-order valence-corrected chi connectivity index (χ3v) is 7.20. The van der Waals surface area contributed by atoms with E-state index < -0.39 is 6.04 Å². The minimum Gasteiger partial charge on any atom is -0.484 e. The molecule has 1 atom stereocenters. The van der Waals surface area contributed by atoms with Crippen molar-refractivity contribution in [1.82, 2.24) is 10.2 Å². The van der Waals surface area contributed by atoms with Gasteiger partial charge in [-0.15, -0.1) is 0 Å². The predicted molar refractivity (Wildman–Crippen MR) is 148 cm³/mol. The molecule has 0 aliphatic rings. The third kappa shape index (κ3) is 7.69. The number of hydrogen-bond donors (Lipinski definition) is 1. The second kappa shape index (κ2) is 12.7. The van der Waals surface area contributed by atoms with Gasteiger partial charge in [0, 0.05) is 23.5 Å². The summed E-state index contributed by atoms with van der Waals surface area (Å²) in [5, 5.41) is 3.01. The highest BCUT2D eigenvalue weighted by Gasteiger charge is 2.31. The molecule has 0 bridgehead atoms. The van der Waals surface area contributed by atoms with Crippen molar-refractivity contribution >= 4 is 27.7 Å². The van der Waals surface area contributed by atoms with Gasteiger partial charge in [-0.1, -0.05) is 76.1 Å². The van der Waals surface area contributed by atoms with Crippen molar-refractivity contribution in [3.05, 3.63) is 99.0 Å². The predicted octanol–water partition coefficient (Wildman–Crippen LogP) is 5.92. The number of amides is 2. The molecule has 0 saturated heterocycles. The topological polar surface area (TPSA) is 58.6 Å². The summed E-state index contributed by atoms with van der Waals surface area (Å²) in [4.78, 5) is 28.7. The SMILES string of the molecule is Cc1ccc(CN(C(=O)COc2cc(C)c(Br)c(C)c2)[C@H](Cc2ccccc2)C(=O)NC(C)C)cc1. The number of halogens is 1. The van der Waals surface area contributed by atoms with Crippen molar-refractivity contribution in [3.8, 4) is 5.75 Å². The summed E-state index contributed by atoms with van der Waals surface area (Å²) in [6.45, 7) is 9.99. The largest absolute Gasteiger partial charge is 0.484 e. The van der Waals surface area contributed by atoms with E-state index in [4.69, 9.17) is 4.74 Å². The molecule has 0 aliphatic carbocycles. The van der Waals surface area contributed by atoms with Crippen LogP contribution in [-0.2, 0) is 22.6 Å². The molecule has 2 amide bonds. The fourth-order valence-electron chi connectivity index (χ4n) is 4.04. The van der Waals surface area contributed by atoms with E-state index in [0.29, 0.717) is 18.7 Å². The van der Waals surface area contributed by atoms with Crippen LogP contribution in [0.25, 0.3) is 0 Å². The van der Waals surface area contributed by atoms with Crippen LogP contribution in [0.5, 0.6) is 5.75 Å². The van der Waals surface area contributed by atoms with E-state index in [2.05, 4.69) is 21.2 Å². The van der Waals surface area contributed by atoms with Crippen molar-refractivity contribution in [2.75, 3.05) is 6.61 Å². The minimum absolute atomic E-state index is 0.0444. The van der Waals surface area contributed by atoms with Crippen molar-refractivity contribution in [3.63, 3.8) is 0 Å². The van der Waals surface area contributed by atoms with Crippen LogP contribution in [0.15, 0.2) is 71.2 Å². The Kier molecular flexibility index (Phi) is 9.71. The Hall–Kier alpha value is -3.12. The van der Waals surface area contributed by atoms with Crippen LogP contribution in [0, 0.1) is 20.8 Å². The van der Waals surface area contributed by atoms with E-state index in [-0.39, 0.29) is 24.5 Å². The molecule has 0 heterocycles. The van der Waals surface area contributed by atoms with Crippen LogP contribution < -0.4 is 10.1 Å². The van der Waals surface area contributed by atoms with Crippen LogP contribution in [0.2, 0.25) is 0 Å². The van der Waals surface area contributed by atoms with Crippen molar-refractivity contribution < 1.29 is 14.3 Å². The summed E-state index contributed by atoms with van der Waals surface area (Å²) in [7, 11) is 0. The molecule has 3 aromatic carbocycles. The zero-order valence-corrected chi connectivity index (χ0v) is 23.3. The van der Waals surface area contributed by atoms with Crippen molar-refractivity contribution in [2.45, 2.75) is 59.7 Å². The second-order valence-electron chi connectivity index (χ2n) is 9.54. The fraction of sp³-hybridized carbons (Fsp3) is 0.333. The minimum atomic E-state index is -0.680. The summed E-state index contributed by atoms with van der Waals surface area (Å²) in [5.41, 5.74) is 5.15. The Morgan fingerprint density at radius 3 is 2.11 bits per heavy atom. The molecule has 190 valence electrons. The zero-order chi connectivity index (χ0) is 26.2. The molecule has 0 radical (unpaired) electrons. The highest BCUT2D eigenvalue weighted by Crippen LogP contribution is 2.26. The van der Waals surface area contributed by atoms with Gasteiger partial charge in [0.2, 0.25) is 5.91 Å². The van der Waals surface area contributed by atoms with Gasteiger partial charge in [0.25, 0.3) is 5.91 Å². The van der Waals surface area contributed by atoms with Gasteiger partial charge < -0.3 is 15.0 Å². The molecule has 3 aromatic rings. The van der Waals surface area contributed by atoms with Gasteiger partial charge in [-0.3, -0.25) is 9.59 Å². The summed E-state index contributed by atoms with van der Waals surface area (Å²) >= 11 is 3.57. The molecule has 0 fully saturated rings. The average Bonchev–Trinajstić information content (AvgIpc) is 2.84. The number of benzene rings is 3. The van der Waals surface area contributed by atoms with Gasteiger partial charge in [0.1, 0.15) is 11.8 Å². The Labute approximate surface area is 223 Å². The number of nitrogens with one attached hydrogen (secondary N) is 1. The number of aryl methyl sites for hydroxylation is 3. The number of rotatable bonds is 10. The summed E-state index contributed by atoms with van der Waals surface area (Å²) in [6, 6.07) is 20.9. The Morgan fingerprint density at radius 1 is 0.917 bits per heavy atom. The van der Waals surface area contributed by atoms with E-state index in [9.17, 15) is 9.59 Å². The molecule has 6 heteroatoms. The first-order valence-electron chi connectivity index (χ1n) is 12.2. The molecule has 0 aliphatic heterocycles. The molecule has 5 nitrogen and oxygen atoms in total. The van der Waals surface area contributed by atoms with Gasteiger partial charge >= 0.3 is 0 Å². The molecule has 0 aromatic heterocycles. The molecule has 0 unspecified atom stereocenters. The van der Waals surface area contributed by atoms with E-state index in [1.54, 1.807) is 4.90 Å². The molecular formula is C30H35BrN2O3. The Balaban J connectivity index is 1.91. The lowest BCUT2D eigenvalue weighted by molar-refractivity contribution is -0.143. The monoisotopic (exact) mass is 550 g/mol. The highest BCUT2D eigenvalue weighted by atomic mass is 79.9. The number of carbonyl (C=O) groups excluding carboxylic acids is 2. The first kappa shape index (κ1) is 27.5. The van der Waals surface area contributed by atoms with E-state index in [1.807, 2.05) is 101 Å². The van der Waals surface area contributed by atoms with Crippen LogP contribution in [0.4, 0.5) is 0 Å². The third-order valence-electron chi connectivity index (χ3n) is 5.95. The van der Waals surface area contributed by atoms with E-state index in [1.165, 1.54) is 0 Å². The highest BCUT2D eigenvalue weighted by molar-refractivity contribution is 9.10. The van der Waals surface area contributed by atoms with E-state index in [0.717, 1.165) is 32.3 Å². The van der Waals surface area contributed by atoms with Crippen LogP contribution >= 0.6 is 15.9 Å². The van der Waals surface area contributed by atoms with Crippen molar-refractivity contribution in [2.24, 2.45) is 0 Å². The van der Waals surface area contributed by atoms with Gasteiger partial charge in [-0.2, -0.15) is 0 Å². The maximum atomic E-state index is 13.7. The lowest BCUT2D eigenvalue weighted by Crippen LogP contribution is -2.52. The summed E-state index contributed by atoms with van der Waals surface area (Å²) in [6.07, 6.45) is 0.410. The zero-order valence-electron chi connectivity index (χ0n) is 21.7. The lowest BCUT2D eigenvalue weighted by atomic mass is 10.0. The number of ether oxygens (including phenoxy) is 1. The van der Waals surface area contributed by atoms with Crippen molar-refractivity contribution in [1.29, 1.82) is 0 Å². The quantitative estimate of drug-likeness (QED) is 0.341. The van der Waals surface area contributed by atoms with E-state index >= 15 is 0 Å². The van der Waals surface area contributed by atoms with Crippen LogP contribution in [-0.4, -0.2) is 35.4 Å². The molecule has 3 rings (SSSR count). The smallest absolute Gasteiger partial charge is 0.261 e. The average molecular weight is 552 g/mol. The first-order valence-corrected chi connectivity index (χ1v) is 13.0. The molecule has 0 spiro atoms. The maximum absolute atomic E-state index is 13.7. The normalized spacial score (nSPS) is 11.8. The van der Waals surface area contributed by atoms with Gasteiger partial charge in [0.05, 0.1) is 0 Å². The first-order chi connectivity index (χ1) is 17.1. The number of carbonyl (C=O) groups is 2. The standard InChI is InChI=1S/C30H35BrN2O3/c1-20(2)32-30(35)27(17-24-9-7-6-8-10-24)33(18-25-13-11-21(3)12-14-25)28(34)19-36-26-15-22(4)29(31)23(5)16-26/h6-16,20,27H,17-19H2,1-5H3,(H,32,35)/t27-/m1/s1. The number of hydrogen-bond acceptors (Lipinski definition) is 3. The van der Waals surface area contributed by atoms with Gasteiger partial charge in [-0.25, -0.2) is 0 Å². The van der Waals surface area contributed by atoms with Crippen LogP contribution in [0.3, 0.4) is 0 Å².